The number of rotatable bonds is 19. The van der Waals surface area contributed by atoms with Crippen LogP contribution in [0, 0.1) is 0 Å². The van der Waals surface area contributed by atoms with Crippen molar-refractivity contribution in [3.05, 3.63) is 42.0 Å². The van der Waals surface area contributed by atoms with Gasteiger partial charge in [-0.05, 0) is 36.1 Å². The number of carbonyl (C=O) groups excluding carboxylic acids is 1. The fourth-order valence-electron chi connectivity index (χ4n) is 4.94. The van der Waals surface area contributed by atoms with Crippen molar-refractivity contribution >= 4 is 11.6 Å². The molecule has 1 aromatic heterocycles. The minimum Gasteiger partial charge on any atom is -0.496 e. The van der Waals surface area contributed by atoms with Gasteiger partial charge in [0.25, 0.3) is 5.91 Å². The van der Waals surface area contributed by atoms with Crippen molar-refractivity contribution in [2.75, 3.05) is 26.6 Å². The number of nitrogens with one attached hydrogen (secondary N) is 1. The van der Waals surface area contributed by atoms with Gasteiger partial charge in [0.05, 0.1) is 21.3 Å². The quantitative estimate of drug-likeness (QED) is 0.151. The molecule has 0 aliphatic carbocycles. The first-order valence-corrected chi connectivity index (χ1v) is 15.0. The summed E-state index contributed by atoms with van der Waals surface area (Å²) >= 11 is 0. The zero-order valence-electron chi connectivity index (χ0n) is 25.4. The standard InChI is InChI=1S/C32H47N5O4/c1-6-8-9-10-11-12-13-14-15-16-18-24-19-17-20-25(21-24)31-34-36-37(35-31)27(7-2)32(38)33-30-28(40-4)22-26(39-3)23-29(30)41-5/h17,19-23,27H,6-16,18H2,1-5H3,(H,33,38). The zero-order chi connectivity index (χ0) is 29.5. The van der Waals surface area contributed by atoms with Gasteiger partial charge in [-0.25, -0.2) is 0 Å². The van der Waals surface area contributed by atoms with Crippen LogP contribution in [0.4, 0.5) is 5.69 Å². The maximum Gasteiger partial charge on any atom is 0.251 e. The number of methoxy groups -OCH3 is 3. The number of aryl methyl sites for hydroxylation is 1. The Labute approximate surface area is 245 Å². The molecular formula is C32H47N5O4. The van der Waals surface area contributed by atoms with Gasteiger partial charge in [0.2, 0.25) is 5.82 Å². The lowest BCUT2D eigenvalue weighted by Gasteiger charge is -2.18. The highest BCUT2D eigenvalue weighted by molar-refractivity contribution is 5.96. The van der Waals surface area contributed by atoms with Gasteiger partial charge in [-0.3, -0.25) is 4.79 Å². The normalized spacial score (nSPS) is 11.7. The lowest BCUT2D eigenvalue weighted by atomic mass is 10.0. The third-order valence-electron chi connectivity index (χ3n) is 7.36. The topological polar surface area (TPSA) is 100 Å². The Morgan fingerprint density at radius 1 is 0.854 bits per heavy atom. The maximum absolute atomic E-state index is 13.3. The van der Waals surface area contributed by atoms with Crippen LogP contribution in [0.25, 0.3) is 11.4 Å². The summed E-state index contributed by atoms with van der Waals surface area (Å²) in [7, 11) is 4.61. The Morgan fingerprint density at radius 3 is 2.07 bits per heavy atom. The molecule has 3 aromatic rings. The van der Waals surface area contributed by atoms with E-state index in [1.807, 2.05) is 19.1 Å². The van der Waals surface area contributed by atoms with Gasteiger partial charge in [0.15, 0.2) is 6.04 Å². The molecule has 41 heavy (non-hydrogen) atoms. The van der Waals surface area contributed by atoms with Crippen LogP contribution in [0.2, 0.25) is 0 Å². The van der Waals surface area contributed by atoms with Crippen molar-refractivity contribution in [2.24, 2.45) is 0 Å². The number of benzene rings is 2. The lowest BCUT2D eigenvalue weighted by Crippen LogP contribution is -2.27. The average Bonchev–Trinajstić information content (AvgIpc) is 3.48. The summed E-state index contributed by atoms with van der Waals surface area (Å²) in [5.74, 6) is 1.61. The molecule has 3 rings (SSSR count). The van der Waals surface area contributed by atoms with Crippen LogP contribution < -0.4 is 19.5 Å². The third-order valence-corrected chi connectivity index (χ3v) is 7.36. The molecule has 0 radical (unpaired) electrons. The molecular weight excluding hydrogens is 518 g/mol. The molecule has 9 heteroatoms. The predicted octanol–water partition coefficient (Wildman–Crippen LogP) is 7.42. The number of amides is 1. The van der Waals surface area contributed by atoms with Crippen LogP contribution in [0.1, 0.15) is 96.1 Å². The first-order chi connectivity index (χ1) is 20.0. The highest BCUT2D eigenvalue weighted by atomic mass is 16.5. The summed E-state index contributed by atoms with van der Waals surface area (Å²) in [5, 5.41) is 16.0. The van der Waals surface area contributed by atoms with E-state index in [9.17, 15) is 4.79 Å². The molecule has 2 aromatic carbocycles. The van der Waals surface area contributed by atoms with E-state index in [4.69, 9.17) is 14.2 Å². The van der Waals surface area contributed by atoms with Crippen LogP contribution >= 0.6 is 0 Å². The Balaban J connectivity index is 1.58. The molecule has 0 saturated heterocycles. The largest absolute Gasteiger partial charge is 0.496 e. The fourth-order valence-corrected chi connectivity index (χ4v) is 4.94. The van der Waals surface area contributed by atoms with Crippen molar-refractivity contribution in [2.45, 2.75) is 96.9 Å². The zero-order valence-corrected chi connectivity index (χ0v) is 25.4. The number of carbonyl (C=O) groups is 1. The van der Waals surface area contributed by atoms with Crippen molar-refractivity contribution in [1.29, 1.82) is 0 Å². The van der Waals surface area contributed by atoms with Crippen LogP contribution in [0.5, 0.6) is 17.2 Å². The molecule has 0 saturated carbocycles. The first-order valence-electron chi connectivity index (χ1n) is 15.0. The van der Waals surface area contributed by atoms with E-state index in [1.54, 1.807) is 19.2 Å². The minimum atomic E-state index is -0.664. The van der Waals surface area contributed by atoms with E-state index < -0.39 is 6.04 Å². The number of hydrogen-bond acceptors (Lipinski definition) is 7. The lowest BCUT2D eigenvalue weighted by molar-refractivity contribution is -0.120. The van der Waals surface area contributed by atoms with Crippen molar-refractivity contribution in [3.8, 4) is 28.6 Å². The second kappa shape index (κ2) is 17.3. The fraction of sp³-hybridized carbons (Fsp3) is 0.562. The average molecular weight is 566 g/mol. The van der Waals surface area contributed by atoms with Crippen LogP contribution in [0.15, 0.2) is 36.4 Å². The predicted molar refractivity (Wildman–Crippen MR) is 163 cm³/mol. The summed E-state index contributed by atoms with van der Waals surface area (Å²) < 4.78 is 16.2. The number of hydrogen-bond donors (Lipinski definition) is 1. The monoisotopic (exact) mass is 565 g/mol. The highest BCUT2D eigenvalue weighted by Crippen LogP contribution is 2.39. The number of anilines is 1. The first kappa shape index (κ1) is 31.9. The van der Waals surface area contributed by atoms with Gasteiger partial charge in [-0.2, -0.15) is 4.80 Å². The molecule has 1 atom stereocenters. The summed E-state index contributed by atoms with van der Waals surface area (Å²) in [5.41, 5.74) is 2.58. The smallest absolute Gasteiger partial charge is 0.251 e. The summed E-state index contributed by atoms with van der Waals surface area (Å²) in [6, 6.07) is 11.0. The van der Waals surface area contributed by atoms with Gasteiger partial charge < -0.3 is 19.5 Å². The second-order valence-electron chi connectivity index (χ2n) is 10.4. The molecule has 224 valence electrons. The number of nitrogens with zero attached hydrogens (tertiary/aromatic N) is 4. The summed E-state index contributed by atoms with van der Waals surface area (Å²) in [4.78, 5) is 14.7. The minimum absolute atomic E-state index is 0.298. The number of tetrazole rings is 1. The molecule has 0 aliphatic heterocycles. The second-order valence-corrected chi connectivity index (χ2v) is 10.4. The highest BCUT2D eigenvalue weighted by Gasteiger charge is 2.25. The Bertz CT molecular complexity index is 1190. The van der Waals surface area contributed by atoms with E-state index in [-0.39, 0.29) is 5.91 Å². The van der Waals surface area contributed by atoms with Crippen LogP contribution in [-0.2, 0) is 11.2 Å². The molecule has 0 fully saturated rings. The van der Waals surface area contributed by atoms with E-state index in [1.165, 1.54) is 88.8 Å². The van der Waals surface area contributed by atoms with E-state index >= 15 is 0 Å². The Hall–Kier alpha value is -3.62. The van der Waals surface area contributed by atoms with E-state index in [0.717, 1.165) is 12.0 Å². The maximum atomic E-state index is 13.3. The Morgan fingerprint density at radius 2 is 1.49 bits per heavy atom. The number of ether oxygens (including phenoxy) is 3. The van der Waals surface area contributed by atoms with Gasteiger partial charge in [-0.1, -0.05) is 89.8 Å². The molecule has 0 aliphatic rings. The van der Waals surface area contributed by atoms with Crippen LogP contribution in [0.3, 0.4) is 0 Å². The van der Waals surface area contributed by atoms with Gasteiger partial charge in [0, 0.05) is 17.7 Å². The Kier molecular flexibility index (Phi) is 13.4. The van der Waals surface area contributed by atoms with Crippen LogP contribution in [-0.4, -0.2) is 47.4 Å². The van der Waals surface area contributed by atoms with Gasteiger partial charge in [0.1, 0.15) is 22.9 Å². The molecule has 1 N–H and O–H groups in total. The molecule has 9 nitrogen and oxygen atoms in total. The molecule has 0 bridgehead atoms. The molecule has 1 heterocycles. The number of aromatic nitrogens is 4. The molecule has 1 unspecified atom stereocenters. The summed E-state index contributed by atoms with van der Waals surface area (Å²) in [6.07, 6.45) is 14.8. The third kappa shape index (κ3) is 9.47. The summed E-state index contributed by atoms with van der Waals surface area (Å²) in [6.45, 7) is 4.17. The van der Waals surface area contributed by atoms with Crippen molar-refractivity contribution in [3.63, 3.8) is 0 Å². The van der Waals surface area contributed by atoms with E-state index in [2.05, 4.69) is 39.8 Å². The van der Waals surface area contributed by atoms with E-state index in [0.29, 0.717) is 35.2 Å². The number of unbranched alkanes of at least 4 members (excludes halogenated alkanes) is 9. The SMILES string of the molecule is CCCCCCCCCCCCc1cccc(-c2nnn(C(CC)C(=O)Nc3c(OC)cc(OC)cc3OC)n2)c1. The molecule has 1 amide bonds. The van der Waals surface area contributed by atoms with Crippen molar-refractivity contribution < 1.29 is 19.0 Å². The van der Waals surface area contributed by atoms with Gasteiger partial charge >= 0.3 is 0 Å². The van der Waals surface area contributed by atoms with Gasteiger partial charge in [-0.15, -0.1) is 10.2 Å². The molecule has 0 spiro atoms. The van der Waals surface area contributed by atoms with Crippen molar-refractivity contribution in [1.82, 2.24) is 20.2 Å².